The van der Waals surface area contributed by atoms with Crippen molar-refractivity contribution in [3.05, 3.63) is 71.5 Å². The van der Waals surface area contributed by atoms with Crippen LogP contribution in [0.25, 0.3) is 0 Å². The fraction of sp³-hybridized carbons (Fsp3) is 0.100. The van der Waals surface area contributed by atoms with Crippen molar-refractivity contribution < 1.29 is 13.9 Å². The molecule has 0 unspecified atom stereocenters. The number of methoxy groups -OCH3 is 1. The number of aryl methyl sites for hydroxylation is 1. The van der Waals surface area contributed by atoms with E-state index in [-0.39, 0.29) is 17.2 Å². The van der Waals surface area contributed by atoms with Gasteiger partial charge in [0.1, 0.15) is 11.6 Å². The van der Waals surface area contributed by atoms with Crippen molar-refractivity contribution >= 4 is 28.9 Å². The standard InChI is InChI=1S/C20H19FN4O2/c1-12-8-14(10-15(9-12)27-2)24-19-16(18(22)26)11-17(21)20(25-19)23-13-6-4-3-5-7-13/h3-11H,1-2H3,(H2,22,26)(H2,23,24,25). The predicted octanol–water partition coefficient (Wildman–Crippen LogP) is 4.12. The van der Waals surface area contributed by atoms with Crippen molar-refractivity contribution in [2.45, 2.75) is 6.92 Å². The Morgan fingerprint density at radius 3 is 2.41 bits per heavy atom. The highest BCUT2D eigenvalue weighted by atomic mass is 19.1. The second-order valence-corrected chi connectivity index (χ2v) is 5.93. The minimum atomic E-state index is -0.783. The molecule has 138 valence electrons. The molecule has 7 heteroatoms. The number of anilines is 4. The number of ether oxygens (including phenoxy) is 1. The summed E-state index contributed by atoms with van der Waals surface area (Å²) >= 11 is 0. The fourth-order valence-corrected chi connectivity index (χ4v) is 2.59. The molecule has 3 rings (SSSR count). The first-order valence-corrected chi connectivity index (χ1v) is 8.21. The number of carbonyl (C=O) groups excluding carboxylic acids is 1. The number of nitrogens with one attached hydrogen (secondary N) is 2. The van der Waals surface area contributed by atoms with E-state index in [1.54, 1.807) is 25.3 Å². The van der Waals surface area contributed by atoms with Crippen LogP contribution in [0.5, 0.6) is 5.75 Å². The van der Waals surface area contributed by atoms with E-state index in [4.69, 9.17) is 10.5 Å². The molecule has 2 aromatic carbocycles. The van der Waals surface area contributed by atoms with E-state index in [2.05, 4.69) is 15.6 Å². The van der Waals surface area contributed by atoms with Gasteiger partial charge in [0.2, 0.25) is 0 Å². The molecule has 0 aliphatic rings. The average molecular weight is 366 g/mol. The molecule has 0 aliphatic carbocycles. The molecule has 1 aromatic heterocycles. The predicted molar refractivity (Wildman–Crippen MR) is 103 cm³/mol. The Morgan fingerprint density at radius 1 is 1.04 bits per heavy atom. The second kappa shape index (κ2) is 7.74. The Kier molecular flexibility index (Phi) is 5.21. The summed E-state index contributed by atoms with van der Waals surface area (Å²) in [5.41, 5.74) is 7.60. The van der Waals surface area contributed by atoms with Crippen LogP contribution in [-0.4, -0.2) is 18.0 Å². The number of benzene rings is 2. The highest BCUT2D eigenvalue weighted by Crippen LogP contribution is 2.28. The molecule has 6 nitrogen and oxygen atoms in total. The first kappa shape index (κ1) is 18.2. The van der Waals surface area contributed by atoms with E-state index in [1.165, 1.54) is 0 Å². The van der Waals surface area contributed by atoms with Crippen molar-refractivity contribution in [3.63, 3.8) is 0 Å². The Morgan fingerprint density at radius 2 is 1.74 bits per heavy atom. The van der Waals surface area contributed by atoms with Gasteiger partial charge in [-0.1, -0.05) is 18.2 Å². The Labute approximate surface area is 156 Å². The van der Waals surface area contributed by atoms with Gasteiger partial charge in [-0.05, 0) is 42.8 Å². The lowest BCUT2D eigenvalue weighted by atomic mass is 10.2. The quantitative estimate of drug-likeness (QED) is 0.610. The van der Waals surface area contributed by atoms with Crippen LogP contribution < -0.4 is 21.1 Å². The molecule has 0 saturated heterocycles. The summed E-state index contributed by atoms with van der Waals surface area (Å²) in [4.78, 5) is 16.0. The molecule has 27 heavy (non-hydrogen) atoms. The molecule has 1 heterocycles. The van der Waals surface area contributed by atoms with E-state index in [1.807, 2.05) is 37.3 Å². The van der Waals surface area contributed by atoms with Crippen molar-refractivity contribution in [1.29, 1.82) is 0 Å². The van der Waals surface area contributed by atoms with Crippen LogP contribution in [0.3, 0.4) is 0 Å². The molecule has 0 atom stereocenters. The number of nitrogens with two attached hydrogens (primary N) is 1. The fourth-order valence-electron chi connectivity index (χ4n) is 2.59. The van der Waals surface area contributed by atoms with Crippen LogP contribution >= 0.6 is 0 Å². The molecule has 0 spiro atoms. The lowest BCUT2D eigenvalue weighted by molar-refractivity contribution is 0.100. The van der Waals surface area contributed by atoms with Gasteiger partial charge >= 0.3 is 0 Å². The van der Waals surface area contributed by atoms with E-state index in [0.717, 1.165) is 11.6 Å². The van der Waals surface area contributed by atoms with Gasteiger partial charge in [0, 0.05) is 17.4 Å². The molecular weight excluding hydrogens is 347 g/mol. The molecule has 0 saturated carbocycles. The zero-order valence-corrected chi connectivity index (χ0v) is 14.9. The molecule has 3 aromatic rings. The molecule has 1 amide bonds. The Balaban J connectivity index is 2.00. The summed E-state index contributed by atoms with van der Waals surface area (Å²) in [5, 5.41) is 5.92. The topological polar surface area (TPSA) is 89.3 Å². The number of pyridine rings is 1. The zero-order chi connectivity index (χ0) is 19.4. The second-order valence-electron chi connectivity index (χ2n) is 5.93. The van der Waals surface area contributed by atoms with Gasteiger partial charge in [-0.2, -0.15) is 0 Å². The van der Waals surface area contributed by atoms with E-state index in [9.17, 15) is 9.18 Å². The van der Waals surface area contributed by atoms with Gasteiger partial charge in [0.05, 0.1) is 12.7 Å². The minimum absolute atomic E-state index is 0.0201. The summed E-state index contributed by atoms with van der Waals surface area (Å²) in [6.07, 6.45) is 0. The van der Waals surface area contributed by atoms with Crippen LogP contribution in [0, 0.1) is 12.7 Å². The number of para-hydroxylation sites is 1. The summed E-state index contributed by atoms with van der Waals surface area (Å²) in [7, 11) is 1.56. The van der Waals surface area contributed by atoms with E-state index in [0.29, 0.717) is 17.1 Å². The number of hydrogen-bond acceptors (Lipinski definition) is 5. The molecule has 4 N–H and O–H groups in total. The summed E-state index contributed by atoms with van der Waals surface area (Å²) in [6, 6.07) is 15.6. The van der Waals surface area contributed by atoms with E-state index >= 15 is 0 Å². The highest BCUT2D eigenvalue weighted by Gasteiger charge is 2.16. The molecule has 0 fully saturated rings. The van der Waals surface area contributed by atoms with Gasteiger partial charge in [-0.3, -0.25) is 4.79 Å². The van der Waals surface area contributed by atoms with Gasteiger partial charge in [0.25, 0.3) is 5.91 Å². The number of amides is 1. The monoisotopic (exact) mass is 366 g/mol. The third kappa shape index (κ3) is 4.33. The first-order chi connectivity index (χ1) is 13.0. The van der Waals surface area contributed by atoms with Gasteiger partial charge in [0.15, 0.2) is 11.6 Å². The van der Waals surface area contributed by atoms with E-state index < -0.39 is 11.7 Å². The third-order valence-electron chi connectivity index (χ3n) is 3.83. The van der Waals surface area contributed by atoms with Crippen molar-refractivity contribution in [1.82, 2.24) is 4.98 Å². The smallest absolute Gasteiger partial charge is 0.252 e. The maximum atomic E-state index is 14.4. The lowest BCUT2D eigenvalue weighted by Gasteiger charge is -2.14. The van der Waals surface area contributed by atoms with Crippen LogP contribution in [0.4, 0.5) is 27.4 Å². The van der Waals surface area contributed by atoms with Gasteiger partial charge in [-0.15, -0.1) is 0 Å². The van der Waals surface area contributed by atoms with Crippen LogP contribution in [-0.2, 0) is 0 Å². The van der Waals surface area contributed by atoms with Crippen molar-refractivity contribution in [2.75, 3.05) is 17.7 Å². The number of nitrogens with zero attached hydrogens (tertiary/aromatic N) is 1. The largest absolute Gasteiger partial charge is 0.497 e. The maximum absolute atomic E-state index is 14.4. The number of hydrogen-bond donors (Lipinski definition) is 3. The summed E-state index contributed by atoms with van der Waals surface area (Å²) in [5.74, 6) is -0.694. The highest BCUT2D eigenvalue weighted by molar-refractivity contribution is 5.98. The number of carbonyl (C=O) groups is 1. The van der Waals surface area contributed by atoms with Crippen LogP contribution in [0.2, 0.25) is 0 Å². The Hall–Kier alpha value is -3.61. The number of aromatic nitrogens is 1. The normalized spacial score (nSPS) is 10.3. The summed E-state index contributed by atoms with van der Waals surface area (Å²) < 4.78 is 19.7. The lowest BCUT2D eigenvalue weighted by Crippen LogP contribution is -2.16. The number of halogens is 1. The molecule has 0 bridgehead atoms. The number of primary amides is 1. The Bertz CT molecular complexity index is 977. The van der Waals surface area contributed by atoms with Gasteiger partial charge in [-0.25, -0.2) is 9.37 Å². The summed E-state index contributed by atoms with van der Waals surface area (Å²) in [6.45, 7) is 1.91. The molecular formula is C20H19FN4O2. The molecule has 0 radical (unpaired) electrons. The SMILES string of the molecule is COc1cc(C)cc(Nc2nc(Nc3ccccc3)c(F)cc2C(N)=O)c1. The van der Waals surface area contributed by atoms with Crippen molar-refractivity contribution in [2.24, 2.45) is 5.73 Å². The van der Waals surface area contributed by atoms with Gasteiger partial charge < -0.3 is 21.1 Å². The third-order valence-corrected chi connectivity index (χ3v) is 3.83. The van der Waals surface area contributed by atoms with Crippen molar-refractivity contribution in [3.8, 4) is 5.75 Å². The van der Waals surface area contributed by atoms with Crippen LogP contribution in [0.15, 0.2) is 54.6 Å². The maximum Gasteiger partial charge on any atom is 0.252 e. The first-order valence-electron chi connectivity index (χ1n) is 8.21. The zero-order valence-electron chi connectivity index (χ0n) is 14.9. The number of rotatable bonds is 6. The van der Waals surface area contributed by atoms with Crippen LogP contribution in [0.1, 0.15) is 15.9 Å². The average Bonchev–Trinajstić information content (AvgIpc) is 2.64. The molecule has 0 aliphatic heterocycles. The minimum Gasteiger partial charge on any atom is -0.497 e.